The molecule has 0 radical (unpaired) electrons. The Labute approximate surface area is 118 Å². The maximum Gasteiger partial charge on any atom is 0.326 e. The lowest BCUT2D eigenvalue weighted by atomic mass is 9.99. The average Bonchev–Trinajstić information content (AvgIpc) is 3.21. The van der Waals surface area contributed by atoms with Gasteiger partial charge in [0.05, 0.1) is 0 Å². The molecule has 1 saturated heterocycles. The van der Waals surface area contributed by atoms with Gasteiger partial charge in [0.2, 0.25) is 0 Å². The Balaban J connectivity index is 2.48. The first-order valence-electron chi connectivity index (χ1n) is 6.88. The van der Waals surface area contributed by atoms with Crippen molar-refractivity contribution < 1.29 is 24.2 Å². The smallest absolute Gasteiger partial charge is 0.326 e. The van der Waals surface area contributed by atoms with E-state index in [4.69, 9.17) is 9.84 Å². The summed E-state index contributed by atoms with van der Waals surface area (Å²) in [5.41, 5.74) is 0. The summed E-state index contributed by atoms with van der Waals surface area (Å²) in [6.45, 7) is 6.04. The van der Waals surface area contributed by atoms with E-state index in [1.54, 1.807) is 6.92 Å². The van der Waals surface area contributed by atoms with Crippen LogP contribution in [0.3, 0.4) is 0 Å². The lowest BCUT2D eigenvalue weighted by Gasteiger charge is -2.19. The van der Waals surface area contributed by atoms with Crippen molar-refractivity contribution in [3.63, 3.8) is 0 Å². The fraction of sp³-hybridized carbons (Fsp3) is 0.769. The van der Waals surface area contributed by atoms with Gasteiger partial charge in [-0.3, -0.25) is 9.59 Å². The number of nitrogens with one attached hydrogen (secondary N) is 2. The van der Waals surface area contributed by atoms with Crippen molar-refractivity contribution in [2.45, 2.75) is 51.9 Å². The molecule has 1 rings (SSSR count). The Morgan fingerprint density at radius 3 is 2.30 bits per heavy atom. The number of hydrogen-bond acceptors (Lipinski definition) is 4. The van der Waals surface area contributed by atoms with Crippen LogP contribution >= 0.6 is 0 Å². The molecular formula is C13H22N2O5. The maximum atomic E-state index is 11.8. The highest BCUT2D eigenvalue weighted by Gasteiger charge is 2.51. The number of ether oxygens (including phenoxy) is 1. The Morgan fingerprint density at radius 1 is 1.20 bits per heavy atom. The van der Waals surface area contributed by atoms with Gasteiger partial charge in [-0.2, -0.15) is 0 Å². The van der Waals surface area contributed by atoms with Crippen LogP contribution < -0.4 is 10.6 Å². The number of carboxylic acids is 1. The summed E-state index contributed by atoms with van der Waals surface area (Å²) in [5.74, 6) is -2.15. The third-order valence-corrected chi connectivity index (χ3v) is 3.33. The molecule has 0 saturated carbocycles. The molecule has 1 aliphatic rings. The van der Waals surface area contributed by atoms with E-state index in [0.717, 1.165) is 6.42 Å². The van der Waals surface area contributed by atoms with Crippen molar-refractivity contribution in [1.29, 1.82) is 0 Å². The highest BCUT2D eigenvalue weighted by atomic mass is 16.6. The minimum atomic E-state index is -1.08. The van der Waals surface area contributed by atoms with E-state index in [-0.39, 0.29) is 11.8 Å². The second-order valence-electron chi connectivity index (χ2n) is 4.98. The van der Waals surface area contributed by atoms with Crippen molar-refractivity contribution in [2.24, 2.45) is 5.92 Å². The summed E-state index contributed by atoms with van der Waals surface area (Å²) < 4.78 is 5.01. The summed E-state index contributed by atoms with van der Waals surface area (Å²) in [5, 5.41) is 14.1. The van der Waals surface area contributed by atoms with E-state index in [0.29, 0.717) is 13.0 Å². The molecular weight excluding hydrogens is 264 g/mol. The zero-order chi connectivity index (χ0) is 15.3. The Morgan fingerprint density at radius 2 is 1.80 bits per heavy atom. The fourth-order valence-electron chi connectivity index (χ4n) is 1.78. The second kappa shape index (κ2) is 7.23. The van der Waals surface area contributed by atoms with Crippen LogP contribution in [0, 0.1) is 5.92 Å². The van der Waals surface area contributed by atoms with Gasteiger partial charge in [0.1, 0.15) is 6.04 Å². The van der Waals surface area contributed by atoms with Crippen LogP contribution in [0.15, 0.2) is 0 Å². The molecule has 4 atom stereocenters. The SMILES string of the molecule is CCCNC(=O)[C@H]1O[C@@H]1C(=O)N[C@@H](C(=O)O)C(C)CC. The number of aliphatic carboxylic acids is 1. The van der Waals surface area contributed by atoms with Gasteiger partial charge in [0, 0.05) is 6.54 Å². The van der Waals surface area contributed by atoms with Gasteiger partial charge >= 0.3 is 5.97 Å². The van der Waals surface area contributed by atoms with E-state index < -0.39 is 30.1 Å². The molecule has 114 valence electrons. The molecule has 0 aliphatic carbocycles. The minimum absolute atomic E-state index is 0.192. The summed E-state index contributed by atoms with van der Waals surface area (Å²) in [4.78, 5) is 34.5. The number of rotatable bonds is 8. The maximum absolute atomic E-state index is 11.8. The van der Waals surface area contributed by atoms with Crippen LogP contribution in [-0.2, 0) is 19.1 Å². The molecule has 1 fully saturated rings. The molecule has 20 heavy (non-hydrogen) atoms. The third-order valence-electron chi connectivity index (χ3n) is 3.33. The molecule has 1 heterocycles. The van der Waals surface area contributed by atoms with E-state index in [2.05, 4.69) is 10.6 Å². The third kappa shape index (κ3) is 4.19. The molecule has 1 unspecified atom stereocenters. The normalized spacial score (nSPS) is 23.6. The minimum Gasteiger partial charge on any atom is -0.480 e. The van der Waals surface area contributed by atoms with Crippen molar-refractivity contribution in [2.75, 3.05) is 6.54 Å². The van der Waals surface area contributed by atoms with Gasteiger partial charge < -0.3 is 20.5 Å². The van der Waals surface area contributed by atoms with Gasteiger partial charge in [-0.05, 0) is 12.3 Å². The number of carbonyl (C=O) groups is 3. The Hall–Kier alpha value is -1.63. The molecule has 0 spiro atoms. The number of carbonyl (C=O) groups excluding carboxylic acids is 2. The van der Waals surface area contributed by atoms with Crippen molar-refractivity contribution in [3.05, 3.63) is 0 Å². The van der Waals surface area contributed by atoms with Gasteiger partial charge in [-0.1, -0.05) is 27.2 Å². The first-order chi connectivity index (χ1) is 9.42. The van der Waals surface area contributed by atoms with E-state index in [1.807, 2.05) is 13.8 Å². The van der Waals surface area contributed by atoms with Crippen LogP contribution in [0.4, 0.5) is 0 Å². The molecule has 0 aromatic heterocycles. The van der Waals surface area contributed by atoms with Crippen molar-refractivity contribution in [3.8, 4) is 0 Å². The Bertz CT molecular complexity index is 385. The number of hydrogen-bond donors (Lipinski definition) is 3. The predicted octanol–water partition coefficient (Wildman–Crippen LogP) is -0.104. The zero-order valence-electron chi connectivity index (χ0n) is 12.0. The average molecular weight is 286 g/mol. The van der Waals surface area contributed by atoms with E-state index in [1.165, 1.54) is 0 Å². The quantitative estimate of drug-likeness (QED) is 0.540. The molecule has 1 aliphatic heterocycles. The van der Waals surface area contributed by atoms with Crippen LogP contribution in [0.5, 0.6) is 0 Å². The van der Waals surface area contributed by atoms with Gasteiger partial charge in [0.15, 0.2) is 12.2 Å². The molecule has 7 heteroatoms. The largest absolute Gasteiger partial charge is 0.480 e. The van der Waals surface area contributed by atoms with Gasteiger partial charge in [-0.25, -0.2) is 4.79 Å². The van der Waals surface area contributed by atoms with Gasteiger partial charge in [-0.15, -0.1) is 0 Å². The first-order valence-corrected chi connectivity index (χ1v) is 6.88. The number of epoxide rings is 1. The van der Waals surface area contributed by atoms with Crippen molar-refractivity contribution in [1.82, 2.24) is 10.6 Å². The molecule has 0 aromatic carbocycles. The first kappa shape index (κ1) is 16.4. The van der Waals surface area contributed by atoms with Crippen LogP contribution in [0.1, 0.15) is 33.6 Å². The molecule has 0 aromatic rings. The standard InChI is InChI=1S/C13H22N2O5/c1-4-6-14-11(16)9-10(20-9)12(17)15-8(13(18)19)7(3)5-2/h7-10H,4-6H2,1-3H3,(H,14,16)(H,15,17)(H,18,19)/t7?,8-,9+,10+/m1/s1. The number of amides is 2. The highest BCUT2D eigenvalue weighted by molar-refractivity contribution is 5.96. The monoisotopic (exact) mass is 286 g/mol. The van der Waals surface area contributed by atoms with Crippen LogP contribution in [0.25, 0.3) is 0 Å². The molecule has 2 amide bonds. The lowest BCUT2D eigenvalue weighted by molar-refractivity contribution is -0.143. The van der Waals surface area contributed by atoms with Crippen LogP contribution in [-0.4, -0.2) is 47.7 Å². The topological polar surface area (TPSA) is 108 Å². The van der Waals surface area contributed by atoms with Crippen molar-refractivity contribution >= 4 is 17.8 Å². The molecule has 7 nitrogen and oxygen atoms in total. The van der Waals surface area contributed by atoms with E-state index >= 15 is 0 Å². The summed E-state index contributed by atoms with van der Waals surface area (Å²) in [6.07, 6.45) is -0.251. The van der Waals surface area contributed by atoms with Crippen LogP contribution in [0.2, 0.25) is 0 Å². The summed E-state index contributed by atoms with van der Waals surface area (Å²) in [7, 11) is 0. The molecule has 0 bridgehead atoms. The summed E-state index contributed by atoms with van der Waals surface area (Å²) in [6, 6.07) is -0.962. The zero-order valence-corrected chi connectivity index (χ0v) is 12.0. The lowest BCUT2D eigenvalue weighted by Crippen LogP contribution is -2.47. The Kier molecular flexibility index (Phi) is 5.94. The van der Waals surface area contributed by atoms with Gasteiger partial charge in [0.25, 0.3) is 11.8 Å². The predicted molar refractivity (Wildman–Crippen MR) is 71.0 cm³/mol. The second-order valence-corrected chi connectivity index (χ2v) is 4.98. The van der Waals surface area contributed by atoms with E-state index in [9.17, 15) is 14.4 Å². The highest BCUT2D eigenvalue weighted by Crippen LogP contribution is 2.23. The summed E-state index contributed by atoms with van der Waals surface area (Å²) >= 11 is 0. The number of carboxylic acid groups (broad SMARTS) is 1. The fourth-order valence-corrected chi connectivity index (χ4v) is 1.78. The molecule has 3 N–H and O–H groups in total.